The molecule has 0 rings (SSSR count). The summed E-state index contributed by atoms with van der Waals surface area (Å²) in [5.41, 5.74) is -2.76. The zero-order valence-corrected chi connectivity index (χ0v) is 7.74. The summed E-state index contributed by atoms with van der Waals surface area (Å²) in [4.78, 5) is 10.6. The van der Waals surface area contributed by atoms with Crippen LogP contribution in [-0.2, 0) is 9.53 Å². The Bertz CT molecular complexity index is 300. The first-order valence-corrected chi connectivity index (χ1v) is 3.76. The Morgan fingerprint density at radius 3 is 1.81 bits per heavy atom. The first-order valence-electron chi connectivity index (χ1n) is 3.76. The molecule has 0 bridgehead atoms. The molecule has 1 N–H and O–H groups in total. The SMILES string of the molecule is CCOC(=O)/C(=C(\O)C(F)(F)F)C(F)(F)F. The molecule has 0 atom stereocenters. The Balaban J connectivity index is 5.52. The molecule has 0 saturated heterocycles. The van der Waals surface area contributed by atoms with Gasteiger partial charge < -0.3 is 9.84 Å². The highest BCUT2D eigenvalue weighted by Gasteiger charge is 2.50. The van der Waals surface area contributed by atoms with Crippen LogP contribution < -0.4 is 0 Å². The van der Waals surface area contributed by atoms with Gasteiger partial charge in [-0.15, -0.1) is 0 Å². The van der Waals surface area contributed by atoms with E-state index in [2.05, 4.69) is 4.74 Å². The van der Waals surface area contributed by atoms with Crippen LogP contribution in [0.4, 0.5) is 26.3 Å². The number of hydrogen-bond donors (Lipinski definition) is 1. The van der Waals surface area contributed by atoms with Gasteiger partial charge in [0.2, 0.25) is 5.76 Å². The van der Waals surface area contributed by atoms with Crippen LogP contribution in [0.15, 0.2) is 11.3 Å². The molecule has 0 aliphatic rings. The van der Waals surface area contributed by atoms with E-state index in [0.717, 1.165) is 6.92 Å². The van der Waals surface area contributed by atoms with Crippen LogP contribution in [-0.4, -0.2) is 30.0 Å². The monoisotopic (exact) mass is 252 g/mol. The lowest BCUT2D eigenvalue weighted by molar-refractivity contribution is -0.160. The van der Waals surface area contributed by atoms with Crippen LogP contribution in [0.3, 0.4) is 0 Å². The van der Waals surface area contributed by atoms with Gasteiger partial charge in [0.1, 0.15) is 0 Å². The molecule has 0 aromatic heterocycles. The number of esters is 1. The fourth-order valence-electron chi connectivity index (χ4n) is 0.692. The second-order valence-corrected chi connectivity index (χ2v) is 2.44. The molecule has 0 aliphatic heterocycles. The van der Waals surface area contributed by atoms with Crippen molar-refractivity contribution in [1.29, 1.82) is 0 Å². The molecule has 0 unspecified atom stereocenters. The Kier molecular flexibility index (Phi) is 4.21. The zero-order valence-electron chi connectivity index (χ0n) is 7.74. The second-order valence-electron chi connectivity index (χ2n) is 2.44. The average molecular weight is 252 g/mol. The molecule has 0 radical (unpaired) electrons. The molecule has 16 heavy (non-hydrogen) atoms. The Morgan fingerprint density at radius 2 is 1.56 bits per heavy atom. The largest absolute Gasteiger partial charge is 0.504 e. The zero-order chi connectivity index (χ0) is 13.1. The van der Waals surface area contributed by atoms with Gasteiger partial charge in [0.05, 0.1) is 6.61 Å². The first-order chi connectivity index (χ1) is 7.01. The van der Waals surface area contributed by atoms with Crippen molar-refractivity contribution in [2.45, 2.75) is 19.3 Å². The first kappa shape index (κ1) is 14.6. The molecule has 3 nitrogen and oxygen atoms in total. The number of carbonyl (C=O) groups excluding carboxylic acids is 1. The quantitative estimate of drug-likeness (QED) is 0.355. The van der Waals surface area contributed by atoms with E-state index in [4.69, 9.17) is 5.11 Å². The van der Waals surface area contributed by atoms with Gasteiger partial charge in [-0.25, -0.2) is 4.79 Å². The van der Waals surface area contributed by atoms with Gasteiger partial charge in [-0.05, 0) is 6.92 Å². The lowest BCUT2D eigenvalue weighted by Gasteiger charge is -2.14. The maximum Gasteiger partial charge on any atom is 0.449 e. The van der Waals surface area contributed by atoms with Crippen LogP contribution in [0, 0.1) is 0 Å². The number of ether oxygens (including phenoxy) is 1. The molecule has 0 heterocycles. The smallest absolute Gasteiger partial charge is 0.449 e. The van der Waals surface area contributed by atoms with Crippen molar-refractivity contribution < 1.29 is 41.0 Å². The van der Waals surface area contributed by atoms with Gasteiger partial charge in [0.15, 0.2) is 5.57 Å². The molecule has 0 saturated carbocycles. The summed E-state index contributed by atoms with van der Waals surface area (Å²) in [6.07, 6.45) is -11.3. The van der Waals surface area contributed by atoms with E-state index in [1.807, 2.05) is 0 Å². The minimum Gasteiger partial charge on any atom is -0.504 e. The summed E-state index contributed by atoms with van der Waals surface area (Å²) in [5.74, 6) is -5.29. The highest BCUT2D eigenvalue weighted by atomic mass is 19.4. The Hall–Kier alpha value is -1.41. The third-order valence-corrected chi connectivity index (χ3v) is 1.27. The maximum atomic E-state index is 12.1. The molecule has 0 aromatic rings. The summed E-state index contributed by atoms with van der Waals surface area (Å²) in [7, 11) is 0. The van der Waals surface area contributed by atoms with Gasteiger partial charge >= 0.3 is 18.3 Å². The van der Waals surface area contributed by atoms with Crippen LogP contribution in [0.2, 0.25) is 0 Å². The number of aliphatic hydroxyl groups is 1. The highest BCUT2D eigenvalue weighted by Crippen LogP contribution is 2.35. The minimum absolute atomic E-state index is 0.552. The Morgan fingerprint density at radius 1 is 1.12 bits per heavy atom. The number of hydrogen-bond acceptors (Lipinski definition) is 3. The fraction of sp³-hybridized carbons (Fsp3) is 0.571. The van der Waals surface area contributed by atoms with E-state index in [-0.39, 0.29) is 0 Å². The van der Waals surface area contributed by atoms with E-state index in [1.54, 1.807) is 0 Å². The fourth-order valence-corrected chi connectivity index (χ4v) is 0.692. The van der Waals surface area contributed by atoms with Gasteiger partial charge in [0, 0.05) is 0 Å². The average Bonchev–Trinajstić information content (AvgIpc) is 1.99. The summed E-state index contributed by atoms with van der Waals surface area (Å²) < 4.78 is 75.4. The van der Waals surface area contributed by atoms with Crippen molar-refractivity contribution in [1.82, 2.24) is 0 Å². The second kappa shape index (κ2) is 4.62. The number of aliphatic hydroxyl groups excluding tert-OH is 1. The maximum absolute atomic E-state index is 12.1. The van der Waals surface area contributed by atoms with E-state index >= 15 is 0 Å². The predicted molar refractivity (Wildman–Crippen MR) is 38.4 cm³/mol. The van der Waals surface area contributed by atoms with Crippen molar-refractivity contribution in [2.24, 2.45) is 0 Å². The van der Waals surface area contributed by atoms with E-state index in [9.17, 15) is 31.1 Å². The van der Waals surface area contributed by atoms with Crippen molar-refractivity contribution in [3.05, 3.63) is 11.3 Å². The lowest BCUT2D eigenvalue weighted by atomic mass is 10.2. The minimum atomic E-state index is -5.67. The van der Waals surface area contributed by atoms with E-state index < -0.39 is 36.3 Å². The summed E-state index contributed by atoms with van der Waals surface area (Å²) in [6.45, 7) is 0.556. The number of halogens is 6. The topological polar surface area (TPSA) is 46.5 Å². The summed E-state index contributed by atoms with van der Waals surface area (Å²) in [5, 5.41) is 8.31. The number of carbonyl (C=O) groups is 1. The van der Waals surface area contributed by atoms with Gasteiger partial charge in [-0.2, -0.15) is 26.3 Å². The molecule has 0 aliphatic carbocycles. The molecule has 0 spiro atoms. The van der Waals surface area contributed by atoms with Crippen molar-refractivity contribution in [2.75, 3.05) is 6.61 Å². The Labute approximate surface area is 85.3 Å². The van der Waals surface area contributed by atoms with Gasteiger partial charge in [0.25, 0.3) is 0 Å². The molecule has 0 aromatic carbocycles. The molecule has 94 valence electrons. The van der Waals surface area contributed by atoms with Crippen LogP contribution in [0.25, 0.3) is 0 Å². The van der Waals surface area contributed by atoms with Gasteiger partial charge in [-0.1, -0.05) is 0 Å². The van der Waals surface area contributed by atoms with Crippen LogP contribution >= 0.6 is 0 Å². The molecular formula is C7H6F6O3. The molecule has 0 fully saturated rings. The number of alkyl halides is 6. The predicted octanol–water partition coefficient (Wildman–Crippen LogP) is 2.49. The van der Waals surface area contributed by atoms with Crippen LogP contribution in [0.1, 0.15) is 6.92 Å². The van der Waals surface area contributed by atoms with Gasteiger partial charge in [-0.3, -0.25) is 0 Å². The van der Waals surface area contributed by atoms with Crippen molar-refractivity contribution in [3.63, 3.8) is 0 Å². The lowest BCUT2D eigenvalue weighted by Crippen LogP contribution is -2.28. The van der Waals surface area contributed by atoms with Crippen molar-refractivity contribution >= 4 is 5.97 Å². The standard InChI is InChI=1S/C7H6F6O3/c1-2-16-5(15)3(6(8,9)10)4(14)7(11,12)13/h14H,2H2,1H3/b4-3+. The third kappa shape index (κ3) is 3.63. The summed E-state index contributed by atoms with van der Waals surface area (Å²) >= 11 is 0. The van der Waals surface area contributed by atoms with E-state index in [1.165, 1.54) is 0 Å². The number of rotatable bonds is 2. The molecule has 9 heteroatoms. The summed E-state index contributed by atoms with van der Waals surface area (Å²) in [6, 6.07) is 0. The highest BCUT2D eigenvalue weighted by molar-refractivity contribution is 5.90. The third-order valence-electron chi connectivity index (χ3n) is 1.27. The number of allylic oxidation sites excluding steroid dienone is 1. The van der Waals surface area contributed by atoms with Crippen molar-refractivity contribution in [3.8, 4) is 0 Å². The van der Waals surface area contributed by atoms with E-state index in [0.29, 0.717) is 0 Å². The molecular weight excluding hydrogens is 246 g/mol. The molecule has 0 amide bonds. The van der Waals surface area contributed by atoms with Crippen LogP contribution in [0.5, 0.6) is 0 Å². The normalized spacial score (nSPS) is 14.4.